The van der Waals surface area contributed by atoms with Gasteiger partial charge in [0.05, 0.1) is 11.6 Å². The summed E-state index contributed by atoms with van der Waals surface area (Å²) in [5.74, 6) is -1.05. The van der Waals surface area contributed by atoms with E-state index in [1.54, 1.807) is 6.92 Å². The topological polar surface area (TPSA) is 44.7 Å². The number of phenols is 1. The minimum Gasteiger partial charge on any atom is -0.507 e. The number of piperazine rings is 1. The van der Waals surface area contributed by atoms with E-state index in [2.05, 4.69) is 10.1 Å². The van der Waals surface area contributed by atoms with Gasteiger partial charge in [0.15, 0.2) is 0 Å². The van der Waals surface area contributed by atoms with Gasteiger partial charge < -0.3 is 15.2 Å². The number of hydrogen-bond donors (Lipinski definition) is 2. The van der Waals surface area contributed by atoms with Crippen LogP contribution in [-0.4, -0.2) is 42.5 Å². The number of benzene rings is 2. The van der Waals surface area contributed by atoms with Crippen molar-refractivity contribution in [1.29, 1.82) is 0 Å². The first kappa shape index (κ1) is 19.4. The third-order valence-electron chi connectivity index (χ3n) is 4.59. The largest absolute Gasteiger partial charge is 0.573 e. The van der Waals surface area contributed by atoms with Gasteiger partial charge in [0.1, 0.15) is 17.3 Å². The summed E-state index contributed by atoms with van der Waals surface area (Å²) in [4.78, 5) is 1.99. The van der Waals surface area contributed by atoms with Crippen molar-refractivity contribution in [1.82, 2.24) is 10.2 Å². The van der Waals surface area contributed by atoms with Crippen LogP contribution in [0.1, 0.15) is 22.7 Å². The van der Waals surface area contributed by atoms with Crippen molar-refractivity contribution >= 4 is 0 Å². The summed E-state index contributed by atoms with van der Waals surface area (Å²) >= 11 is 0. The number of halogens is 4. The van der Waals surface area contributed by atoms with Crippen molar-refractivity contribution in [2.75, 3.05) is 26.2 Å². The fourth-order valence-corrected chi connectivity index (χ4v) is 3.30. The van der Waals surface area contributed by atoms with E-state index in [4.69, 9.17) is 0 Å². The Labute approximate surface area is 154 Å². The summed E-state index contributed by atoms with van der Waals surface area (Å²) in [6.45, 7) is 4.28. The standard InChI is InChI=1S/C19H20F4N2O2/c1-12-2-7-15(20)16(18(12)26)17(25-10-8-24-9-11-25)13-3-5-14(6-4-13)27-19(21,22)23/h2-7,17,24,26H,8-11H2,1H3/t17-/m0/s1. The van der Waals surface area contributed by atoms with Gasteiger partial charge in [0, 0.05) is 26.2 Å². The molecule has 2 aromatic rings. The van der Waals surface area contributed by atoms with Crippen LogP contribution in [0.4, 0.5) is 17.6 Å². The van der Waals surface area contributed by atoms with Gasteiger partial charge in [-0.25, -0.2) is 4.39 Å². The first-order valence-corrected chi connectivity index (χ1v) is 8.54. The van der Waals surface area contributed by atoms with E-state index in [9.17, 15) is 22.7 Å². The molecule has 1 aliphatic rings. The highest BCUT2D eigenvalue weighted by atomic mass is 19.4. The Hall–Kier alpha value is -2.32. The minimum absolute atomic E-state index is 0.126. The van der Waals surface area contributed by atoms with Crippen LogP contribution in [0.5, 0.6) is 11.5 Å². The minimum atomic E-state index is -4.78. The quantitative estimate of drug-likeness (QED) is 0.789. The number of rotatable bonds is 4. The van der Waals surface area contributed by atoms with E-state index < -0.39 is 18.2 Å². The van der Waals surface area contributed by atoms with Crippen LogP contribution >= 0.6 is 0 Å². The second-order valence-corrected chi connectivity index (χ2v) is 6.43. The molecule has 0 amide bonds. The average Bonchev–Trinajstić information content (AvgIpc) is 2.62. The summed E-state index contributed by atoms with van der Waals surface area (Å²) < 4.78 is 55.7. The van der Waals surface area contributed by atoms with E-state index in [0.717, 1.165) is 0 Å². The maximum absolute atomic E-state index is 14.6. The molecule has 0 unspecified atom stereocenters. The molecule has 0 saturated carbocycles. The zero-order chi connectivity index (χ0) is 19.6. The van der Waals surface area contributed by atoms with Gasteiger partial charge in [-0.3, -0.25) is 4.90 Å². The second-order valence-electron chi connectivity index (χ2n) is 6.43. The highest BCUT2D eigenvalue weighted by Crippen LogP contribution is 2.38. The van der Waals surface area contributed by atoms with Crippen LogP contribution in [0, 0.1) is 12.7 Å². The van der Waals surface area contributed by atoms with E-state index in [-0.39, 0.29) is 17.1 Å². The number of aromatic hydroxyl groups is 1. The Morgan fingerprint density at radius 1 is 1.07 bits per heavy atom. The van der Waals surface area contributed by atoms with Gasteiger partial charge in [0.25, 0.3) is 0 Å². The molecule has 27 heavy (non-hydrogen) atoms. The zero-order valence-electron chi connectivity index (χ0n) is 14.7. The lowest BCUT2D eigenvalue weighted by Crippen LogP contribution is -2.45. The number of alkyl halides is 3. The molecule has 0 spiro atoms. The maximum atomic E-state index is 14.6. The molecule has 0 aliphatic carbocycles. The molecule has 1 heterocycles. The van der Waals surface area contributed by atoms with Crippen LogP contribution in [0.15, 0.2) is 36.4 Å². The molecule has 4 nitrogen and oxygen atoms in total. The molecule has 0 aromatic heterocycles. The van der Waals surface area contributed by atoms with Crippen molar-refractivity contribution in [2.45, 2.75) is 19.3 Å². The number of nitrogens with one attached hydrogen (secondary N) is 1. The fourth-order valence-electron chi connectivity index (χ4n) is 3.30. The van der Waals surface area contributed by atoms with Crippen molar-refractivity contribution in [3.63, 3.8) is 0 Å². The third kappa shape index (κ3) is 4.51. The van der Waals surface area contributed by atoms with E-state index >= 15 is 0 Å². The molecule has 1 saturated heterocycles. The molecule has 8 heteroatoms. The monoisotopic (exact) mass is 384 g/mol. The number of phenolic OH excluding ortho intramolecular Hbond substituents is 1. The van der Waals surface area contributed by atoms with Gasteiger partial charge in [-0.2, -0.15) is 0 Å². The maximum Gasteiger partial charge on any atom is 0.573 e. The van der Waals surface area contributed by atoms with Crippen molar-refractivity contribution < 1.29 is 27.4 Å². The number of aryl methyl sites for hydroxylation is 1. The van der Waals surface area contributed by atoms with Crippen LogP contribution in [-0.2, 0) is 0 Å². The second kappa shape index (κ2) is 7.74. The lowest BCUT2D eigenvalue weighted by molar-refractivity contribution is -0.274. The van der Waals surface area contributed by atoms with Gasteiger partial charge >= 0.3 is 6.36 Å². The number of ether oxygens (including phenoxy) is 1. The predicted molar refractivity (Wildman–Crippen MR) is 92.2 cm³/mol. The highest BCUT2D eigenvalue weighted by molar-refractivity contribution is 5.47. The molecule has 3 rings (SSSR count). The first-order valence-electron chi connectivity index (χ1n) is 8.54. The van der Waals surface area contributed by atoms with Crippen LogP contribution in [0.2, 0.25) is 0 Å². The lowest BCUT2D eigenvalue weighted by Gasteiger charge is -2.36. The van der Waals surface area contributed by atoms with Crippen LogP contribution in [0.3, 0.4) is 0 Å². The van der Waals surface area contributed by atoms with Crippen LogP contribution < -0.4 is 10.1 Å². The number of nitrogens with zero attached hydrogens (tertiary/aromatic N) is 1. The van der Waals surface area contributed by atoms with E-state index in [0.29, 0.717) is 37.3 Å². The molecule has 0 bridgehead atoms. The van der Waals surface area contributed by atoms with E-state index in [1.165, 1.54) is 36.4 Å². The molecular weight excluding hydrogens is 364 g/mol. The SMILES string of the molecule is Cc1ccc(F)c([C@H](c2ccc(OC(F)(F)F)cc2)N2CCNCC2)c1O. The third-order valence-corrected chi connectivity index (χ3v) is 4.59. The summed E-state index contributed by atoms with van der Waals surface area (Å²) in [7, 11) is 0. The smallest absolute Gasteiger partial charge is 0.507 e. The Balaban J connectivity index is 2.02. The van der Waals surface area contributed by atoms with Crippen molar-refractivity contribution in [3.05, 3.63) is 58.9 Å². The Morgan fingerprint density at radius 3 is 2.30 bits per heavy atom. The summed E-state index contributed by atoms with van der Waals surface area (Å²) in [6, 6.07) is 7.49. The Morgan fingerprint density at radius 2 is 1.70 bits per heavy atom. The Bertz CT molecular complexity index is 788. The Kier molecular flexibility index (Phi) is 5.57. The molecule has 1 atom stereocenters. The lowest BCUT2D eigenvalue weighted by atomic mass is 9.93. The molecule has 0 radical (unpaired) electrons. The molecule has 1 aliphatic heterocycles. The summed E-state index contributed by atoms with van der Waals surface area (Å²) in [5, 5.41) is 13.7. The summed E-state index contributed by atoms with van der Waals surface area (Å²) in [6.07, 6.45) is -4.78. The highest BCUT2D eigenvalue weighted by Gasteiger charge is 2.32. The van der Waals surface area contributed by atoms with Gasteiger partial charge in [-0.15, -0.1) is 13.2 Å². The molecular formula is C19H20F4N2O2. The van der Waals surface area contributed by atoms with Crippen LogP contribution in [0.25, 0.3) is 0 Å². The average molecular weight is 384 g/mol. The molecule has 2 aromatic carbocycles. The van der Waals surface area contributed by atoms with Gasteiger partial charge in [-0.1, -0.05) is 18.2 Å². The normalized spacial score (nSPS) is 16.9. The van der Waals surface area contributed by atoms with Crippen molar-refractivity contribution in [2.24, 2.45) is 0 Å². The van der Waals surface area contributed by atoms with Gasteiger partial charge in [-0.05, 0) is 36.2 Å². The van der Waals surface area contributed by atoms with Gasteiger partial charge in [0.2, 0.25) is 0 Å². The van der Waals surface area contributed by atoms with E-state index in [1.807, 2.05) is 4.90 Å². The summed E-state index contributed by atoms with van der Waals surface area (Å²) in [5.41, 5.74) is 1.23. The molecule has 1 fully saturated rings. The van der Waals surface area contributed by atoms with Crippen molar-refractivity contribution in [3.8, 4) is 11.5 Å². The fraction of sp³-hybridized carbons (Fsp3) is 0.368. The molecule has 2 N–H and O–H groups in total. The first-order chi connectivity index (χ1) is 12.8. The predicted octanol–water partition coefficient (Wildman–Crippen LogP) is 3.73. The zero-order valence-corrected chi connectivity index (χ0v) is 14.7. The number of hydrogen-bond acceptors (Lipinski definition) is 4. The molecule has 146 valence electrons.